The molecule has 132 valence electrons. The van der Waals surface area contributed by atoms with Gasteiger partial charge < -0.3 is 0 Å². The Morgan fingerprint density at radius 2 is 1.54 bits per heavy atom. The highest BCUT2D eigenvalue weighted by atomic mass is 32.1. The fourth-order valence-corrected chi connectivity index (χ4v) is 4.97. The molecule has 0 unspecified atom stereocenters. The Hall–Kier alpha value is -3.50. The average Bonchev–Trinajstić information content (AvgIpc) is 3.27. The van der Waals surface area contributed by atoms with Crippen LogP contribution in [-0.2, 0) is 0 Å². The number of rotatable bonds is 2. The number of benzene rings is 4. The van der Waals surface area contributed by atoms with Crippen LogP contribution in [0, 0.1) is 0 Å². The van der Waals surface area contributed by atoms with Crippen LogP contribution in [0.4, 0.5) is 5.13 Å². The molecule has 0 radical (unpaired) electrons. The zero-order valence-corrected chi connectivity index (χ0v) is 15.6. The van der Waals surface area contributed by atoms with Crippen LogP contribution in [-0.4, -0.2) is 10.9 Å². The minimum absolute atomic E-state index is 0.135. The Labute approximate surface area is 165 Å². The molecule has 0 spiro atoms. The number of carbonyl (C=O) groups excluding carboxylic acids is 1. The molecule has 6 rings (SSSR count). The Morgan fingerprint density at radius 1 is 0.786 bits per heavy atom. The van der Waals surface area contributed by atoms with Crippen LogP contribution in [0.15, 0.2) is 78.9 Å². The molecule has 1 aliphatic carbocycles. The van der Waals surface area contributed by atoms with Gasteiger partial charge in [0.05, 0.1) is 10.6 Å². The van der Waals surface area contributed by atoms with Gasteiger partial charge in [-0.1, -0.05) is 78.1 Å². The molecule has 0 fully saturated rings. The molecular formula is C24H14N2OS. The van der Waals surface area contributed by atoms with E-state index in [0.29, 0.717) is 10.7 Å². The molecule has 1 heterocycles. The van der Waals surface area contributed by atoms with Gasteiger partial charge in [-0.3, -0.25) is 10.1 Å². The molecule has 3 nitrogen and oxygen atoms in total. The van der Waals surface area contributed by atoms with Crippen molar-refractivity contribution in [2.24, 2.45) is 0 Å². The van der Waals surface area contributed by atoms with Crippen molar-refractivity contribution in [3.8, 4) is 21.7 Å². The predicted molar refractivity (Wildman–Crippen MR) is 116 cm³/mol. The van der Waals surface area contributed by atoms with Crippen LogP contribution in [0.25, 0.3) is 43.2 Å². The summed E-state index contributed by atoms with van der Waals surface area (Å²) in [5.41, 5.74) is 3.94. The zero-order valence-electron chi connectivity index (χ0n) is 14.8. The van der Waals surface area contributed by atoms with Gasteiger partial charge in [0.1, 0.15) is 0 Å². The maximum atomic E-state index is 12.8. The zero-order chi connectivity index (χ0) is 18.7. The SMILES string of the molecule is O=C(Nc1nc2c(s1)-c1cccc3cccc-2c13)c1ccc2ccccc2c1. The van der Waals surface area contributed by atoms with E-state index < -0.39 is 0 Å². The second-order valence-electron chi connectivity index (χ2n) is 6.92. The molecule has 1 aromatic heterocycles. The van der Waals surface area contributed by atoms with Crippen LogP contribution in [0.2, 0.25) is 0 Å². The van der Waals surface area contributed by atoms with Crippen LogP contribution in [0.5, 0.6) is 0 Å². The summed E-state index contributed by atoms with van der Waals surface area (Å²) < 4.78 is 0. The highest BCUT2D eigenvalue weighted by Gasteiger charge is 2.26. The topological polar surface area (TPSA) is 42.0 Å². The van der Waals surface area contributed by atoms with Crippen molar-refractivity contribution < 1.29 is 4.79 Å². The van der Waals surface area contributed by atoms with Gasteiger partial charge in [0.25, 0.3) is 5.91 Å². The summed E-state index contributed by atoms with van der Waals surface area (Å²) in [7, 11) is 0. The maximum absolute atomic E-state index is 12.8. The van der Waals surface area contributed by atoms with E-state index in [2.05, 4.69) is 41.7 Å². The van der Waals surface area contributed by atoms with Gasteiger partial charge in [-0.2, -0.15) is 0 Å². The molecule has 5 aromatic rings. The van der Waals surface area contributed by atoms with Gasteiger partial charge in [0, 0.05) is 16.7 Å². The largest absolute Gasteiger partial charge is 0.298 e. The number of hydrogen-bond donors (Lipinski definition) is 1. The first-order valence-electron chi connectivity index (χ1n) is 9.11. The number of carbonyl (C=O) groups is 1. The van der Waals surface area contributed by atoms with Crippen molar-refractivity contribution >= 4 is 43.9 Å². The third-order valence-electron chi connectivity index (χ3n) is 5.26. The van der Waals surface area contributed by atoms with Gasteiger partial charge in [-0.05, 0) is 33.7 Å². The second-order valence-corrected chi connectivity index (χ2v) is 7.92. The van der Waals surface area contributed by atoms with Crippen molar-refractivity contribution in [2.75, 3.05) is 5.32 Å². The molecule has 4 aromatic carbocycles. The predicted octanol–water partition coefficient (Wildman–Crippen LogP) is 6.35. The fourth-order valence-electron chi connectivity index (χ4n) is 3.97. The van der Waals surface area contributed by atoms with E-state index in [9.17, 15) is 4.79 Å². The lowest BCUT2D eigenvalue weighted by atomic mass is 10.0. The lowest BCUT2D eigenvalue weighted by Gasteiger charge is -2.05. The van der Waals surface area contributed by atoms with Gasteiger partial charge in [0.15, 0.2) is 5.13 Å². The third-order valence-corrected chi connectivity index (χ3v) is 6.27. The number of hydrogen-bond acceptors (Lipinski definition) is 3. The number of fused-ring (bicyclic) bond motifs is 4. The average molecular weight is 378 g/mol. The van der Waals surface area contributed by atoms with Crippen molar-refractivity contribution in [3.63, 3.8) is 0 Å². The van der Waals surface area contributed by atoms with E-state index in [1.165, 1.54) is 27.7 Å². The highest BCUT2D eigenvalue weighted by molar-refractivity contribution is 7.20. The number of nitrogens with one attached hydrogen (secondary N) is 1. The Morgan fingerprint density at radius 3 is 2.39 bits per heavy atom. The summed E-state index contributed by atoms with van der Waals surface area (Å²) in [5.74, 6) is -0.135. The van der Waals surface area contributed by atoms with Crippen molar-refractivity contribution in [1.29, 1.82) is 0 Å². The van der Waals surface area contributed by atoms with Crippen LogP contribution >= 0.6 is 11.3 Å². The number of nitrogens with zero attached hydrogens (tertiary/aromatic N) is 1. The second kappa shape index (κ2) is 5.75. The monoisotopic (exact) mass is 378 g/mol. The van der Waals surface area contributed by atoms with E-state index in [0.717, 1.165) is 26.9 Å². The summed E-state index contributed by atoms with van der Waals surface area (Å²) in [6.45, 7) is 0. The molecule has 0 saturated carbocycles. The lowest BCUT2D eigenvalue weighted by molar-refractivity contribution is 0.102. The van der Waals surface area contributed by atoms with Crippen LogP contribution in [0.3, 0.4) is 0 Å². The van der Waals surface area contributed by atoms with Gasteiger partial charge >= 0.3 is 0 Å². The quantitative estimate of drug-likeness (QED) is 0.381. The van der Waals surface area contributed by atoms with E-state index in [1.807, 2.05) is 42.5 Å². The number of aromatic nitrogens is 1. The number of thiazole rings is 1. The van der Waals surface area contributed by atoms with E-state index in [4.69, 9.17) is 4.98 Å². The highest BCUT2D eigenvalue weighted by Crippen LogP contribution is 2.50. The Balaban J connectivity index is 1.37. The number of anilines is 1. The molecule has 0 aliphatic heterocycles. The first-order valence-corrected chi connectivity index (χ1v) is 9.93. The van der Waals surface area contributed by atoms with E-state index in [1.54, 1.807) is 0 Å². The first-order chi connectivity index (χ1) is 13.8. The van der Waals surface area contributed by atoms with E-state index >= 15 is 0 Å². The summed E-state index contributed by atoms with van der Waals surface area (Å²) in [6, 6.07) is 26.4. The molecule has 1 N–H and O–H groups in total. The molecular weight excluding hydrogens is 364 g/mol. The minimum atomic E-state index is -0.135. The van der Waals surface area contributed by atoms with E-state index in [-0.39, 0.29) is 5.91 Å². The normalized spacial score (nSPS) is 11.7. The Bertz CT molecular complexity index is 1360. The lowest BCUT2D eigenvalue weighted by Crippen LogP contribution is -2.11. The molecule has 0 atom stereocenters. The smallest absolute Gasteiger partial charge is 0.257 e. The van der Waals surface area contributed by atoms with Gasteiger partial charge in [-0.15, -0.1) is 0 Å². The molecule has 1 amide bonds. The number of amides is 1. The Kier molecular flexibility index (Phi) is 3.19. The van der Waals surface area contributed by atoms with Crippen molar-refractivity contribution in [3.05, 3.63) is 84.4 Å². The van der Waals surface area contributed by atoms with Crippen LogP contribution in [0.1, 0.15) is 10.4 Å². The minimum Gasteiger partial charge on any atom is -0.298 e. The van der Waals surface area contributed by atoms with Crippen LogP contribution < -0.4 is 5.32 Å². The van der Waals surface area contributed by atoms with Crippen molar-refractivity contribution in [1.82, 2.24) is 4.98 Å². The summed E-state index contributed by atoms with van der Waals surface area (Å²) in [4.78, 5) is 18.6. The van der Waals surface area contributed by atoms with Gasteiger partial charge in [-0.25, -0.2) is 4.98 Å². The summed E-state index contributed by atoms with van der Waals surface area (Å²) in [6.07, 6.45) is 0. The molecule has 1 aliphatic rings. The molecule has 28 heavy (non-hydrogen) atoms. The fraction of sp³-hybridized carbons (Fsp3) is 0. The molecule has 0 saturated heterocycles. The molecule has 0 bridgehead atoms. The standard InChI is InChI=1S/C24H14N2OS/c27-23(17-12-11-14-5-1-2-6-16(14)13-17)26-24-25-21-18-9-3-7-15-8-4-10-19(20(15)18)22(21)28-24/h1-13H,(H,25,26,27). The summed E-state index contributed by atoms with van der Waals surface area (Å²) >= 11 is 1.54. The maximum Gasteiger partial charge on any atom is 0.257 e. The first kappa shape index (κ1) is 15.5. The van der Waals surface area contributed by atoms with Crippen molar-refractivity contribution in [2.45, 2.75) is 0 Å². The third kappa shape index (κ3) is 2.22. The summed E-state index contributed by atoms with van der Waals surface area (Å²) in [5, 5.41) is 8.27. The van der Waals surface area contributed by atoms with Gasteiger partial charge in [0.2, 0.25) is 0 Å². The molecule has 4 heteroatoms.